The Morgan fingerprint density at radius 1 is 1.53 bits per heavy atom. The monoisotopic (exact) mass is 231 g/mol. The van der Waals surface area contributed by atoms with Crippen LogP contribution >= 0.6 is 0 Å². The van der Waals surface area contributed by atoms with Crippen molar-refractivity contribution >= 4 is 16.9 Å². The first kappa shape index (κ1) is 11.0. The fourth-order valence-electron chi connectivity index (χ4n) is 1.42. The summed E-state index contributed by atoms with van der Waals surface area (Å²) < 4.78 is 10.5. The van der Waals surface area contributed by atoms with E-state index >= 15 is 0 Å². The van der Waals surface area contributed by atoms with Crippen molar-refractivity contribution in [1.29, 1.82) is 5.26 Å². The Hall–Kier alpha value is -2.52. The largest absolute Gasteiger partial charge is 0.478 e. The molecular weight excluding hydrogens is 222 g/mol. The Bertz CT molecular complexity index is 598. The molecule has 1 aromatic heterocycles. The minimum Gasteiger partial charge on any atom is -0.478 e. The maximum atomic E-state index is 11.0. The molecule has 1 aromatic carbocycles. The number of nitriles is 1. The van der Waals surface area contributed by atoms with Gasteiger partial charge in [-0.25, -0.2) is 5.84 Å². The third kappa shape index (κ3) is 2.04. The van der Waals surface area contributed by atoms with Crippen LogP contribution in [0.25, 0.3) is 11.0 Å². The molecule has 0 saturated heterocycles. The molecule has 0 spiro atoms. The highest BCUT2D eigenvalue weighted by Gasteiger charge is 2.15. The van der Waals surface area contributed by atoms with E-state index in [2.05, 4.69) is 0 Å². The standard InChI is InChI=1S/C11H9N3O3/c12-5-9-11(16-6-10(15)14-13)7-3-1-2-4-8(7)17-9/h1-4H,6,13H2,(H,14,15). The van der Waals surface area contributed by atoms with Gasteiger partial charge < -0.3 is 9.15 Å². The maximum absolute atomic E-state index is 11.0. The molecule has 2 aromatic rings. The van der Waals surface area contributed by atoms with Crippen LogP contribution in [0.3, 0.4) is 0 Å². The van der Waals surface area contributed by atoms with Crippen LogP contribution in [0.5, 0.6) is 5.75 Å². The quantitative estimate of drug-likeness (QED) is 0.459. The molecule has 0 radical (unpaired) electrons. The molecule has 17 heavy (non-hydrogen) atoms. The van der Waals surface area contributed by atoms with E-state index in [1.165, 1.54) is 0 Å². The van der Waals surface area contributed by atoms with E-state index in [-0.39, 0.29) is 18.1 Å². The first-order chi connectivity index (χ1) is 8.26. The van der Waals surface area contributed by atoms with Crippen molar-refractivity contribution in [3.05, 3.63) is 30.0 Å². The summed E-state index contributed by atoms with van der Waals surface area (Å²) in [6, 6.07) is 8.90. The number of para-hydroxylation sites is 1. The van der Waals surface area contributed by atoms with E-state index in [9.17, 15) is 4.79 Å². The zero-order chi connectivity index (χ0) is 12.3. The van der Waals surface area contributed by atoms with Gasteiger partial charge in [0.05, 0.1) is 5.39 Å². The normalized spacial score (nSPS) is 9.88. The van der Waals surface area contributed by atoms with Crippen molar-refractivity contribution in [2.45, 2.75) is 0 Å². The summed E-state index contributed by atoms with van der Waals surface area (Å²) in [5.74, 6) is 4.73. The topological polar surface area (TPSA) is 101 Å². The average Bonchev–Trinajstić information content (AvgIpc) is 2.73. The van der Waals surface area contributed by atoms with E-state index < -0.39 is 5.91 Å². The summed E-state index contributed by atoms with van der Waals surface area (Å²) in [4.78, 5) is 11.0. The first-order valence-electron chi connectivity index (χ1n) is 4.80. The van der Waals surface area contributed by atoms with Crippen LogP contribution in [0.2, 0.25) is 0 Å². The second-order valence-corrected chi connectivity index (χ2v) is 3.22. The number of furan rings is 1. The molecule has 6 nitrogen and oxygen atoms in total. The van der Waals surface area contributed by atoms with Crippen LogP contribution in [0.4, 0.5) is 0 Å². The molecule has 2 rings (SSSR count). The highest BCUT2D eigenvalue weighted by atomic mass is 16.5. The molecule has 0 saturated carbocycles. The van der Waals surface area contributed by atoms with Crippen molar-refractivity contribution in [3.8, 4) is 11.8 Å². The van der Waals surface area contributed by atoms with Crippen LogP contribution < -0.4 is 16.0 Å². The van der Waals surface area contributed by atoms with Gasteiger partial charge in [-0.15, -0.1) is 0 Å². The Balaban J connectivity index is 2.37. The molecule has 0 aliphatic rings. The summed E-state index contributed by atoms with van der Waals surface area (Å²) in [6.07, 6.45) is 0. The van der Waals surface area contributed by atoms with Gasteiger partial charge in [-0.05, 0) is 12.1 Å². The fourth-order valence-corrected chi connectivity index (χ4v) is 1.42. The predicted octanol–water partition coefficient (Wildman–Crippen LogP) is 0.673. The zero-order valence-corrected chi connectivity index (χ0v) is 8.77. The van der Waals surface area contributed by atoms with Gasteiger partial charge in [0, 0.05) is 0 Å². The van der Waals surface area contributed by atoms with Crippen LogP contribution in [-0.4, -0.2) is 12.5 Å². The minimum atomic E-state index is -0.487. The van der Waals surface area contributed by atoms with Crippen molar-refractivity contribution < 1.29 is 13.9 Å². The van der Waals surface area contributed by atoms with Crippen LogP contribution in [-0.2, 0) is 4.79 Å². The molecule has 0 aliphatic carbocycles. The molecule has 0 fully saturated rings. The summed E-state index contributed by atoms with van der Waals surface area (Å²) in [6.45, 7) is -0.269. The van der Waals surface area contributed by atoms with E-state index in [4.69, 9.17) is 20.3 Å². The van der Waals surface area contributed by atoms with Gasteiger partial charge in [0.15, 0.2) is 12.4 Å². The summed E-state index contributed by atoms with van der Waals surface area (Å²) in [5, 5.41) is 9.54. The van der Waals surface area contributed by atoms with Gasteiger partial charge in [0.2, 0.25) is 5.76 Å². The third-order valence-electron chi connectivity index (χ3n) is 2.16. The van der Waals surface area contributed by atoms with Gasteiger partial charge >= 0.3 is 0 Å². The number of benzene rings is 1. The molecule has 0 bridgehead atoms. The number of nitrogens with two attached hydrogens (primary N) is 1. The Kier molecular flexibility index (Phi) is 2.94. The lowest BCUT2D eigenvalue weighted by molar-refractivity contribution is -0.123. The molecule has 6 heteroatoms. The lowest BCUT2D eigenvalue weighted by Gasteiger charge is -2.02. The van der Waals surface area contributed by atoms with Gasteiger partial charge in [-0.3, -0.25) is 10.2 Å². The number of carbonyl (C=O) groups is 1. The van der Waals surface area contributed by atoms with E-state index in [1.807, 2.05) is 11.5 Å². The highest BCUT2D eigenvalue weighted by molar-refractivity contribution is 5.87. The van der Waals surface area contributed by atoms with Gasteiger partial charge in [0.25, 0.3) is 5.91 Å². The Labute approximate surface area is 96.5 Å². The number of hydrogen-bond donors (Lipinski definition) is 2. The molecule has 0 aliphatic heterocycles. The second kappa shape index (κ2) is 4.55. The number of amides is 1. The van der Waals surface area contributed by atoms with Crippen molar-refractivity contribution in [1.82, 2.24) is 5.43 Å². The summed E-state index contributed by atoms with van der Waals surface area (Å²) in [5.41, 5.74) is 2.47. The molecule has 86 valence electrons. The lowest BCUT2D eigenvalue weighted by Crippen LogP contribution is -2.34. The van der Waals surface area contributed by atoms with Gasteiger partial charge in [-0.2, -0.15) is 5.26 Å². The van der Waals surface area contributed by atoms with Crippen LogP contribution in [0.1, 0.15) is 5.76 Å². The van der Waals surface area contributed by atoms with Crippen LogP contribution in [0.15, 0.2) is 28.7 Å². The van der Waals surface area contributed by atoms with E-state index in [1.54, 1.807) is 24.3 Å². The minimum absolute atomic E-state index is 0.0380. The number of hydrogen-bond acceptors (Lipinski definition) is 5. The fraction of sp³-hybridized carbons (Fsp3) is 0.0909. The Morgan fingerprint density at radius 2 is 2.29 bits per heavy atom. The average molecular weight is 231 g/mol. The molecule has 3 N–H and O–H groups in total. The second-order valence-electron chi connectivity index (χ2n) is 3.22. The summed E-state index contributed by atoms with van der Waals surface area (Å²) >= 11 is 0. The molecule has 0 atom stereocenters. The highest BCUT2D eigenvalue weighted by Crippen LogP contribution is 2.32. The van der Waals surface area contributed by atoms with Gasteiger partial charge in [-0.1, -0.05) is 12.1 Å². The summed E-state index contributed by atoms with van der Waals surface area (Å²) in [7, 11) is 0. The zero-order valence-electron chi connectivity index (χ0n) is 8.77. The Morgan fingerprint density at radius 3 is 3.00 bits per heavy atom. The number of nitrogens with one attached hydrogen (secondary N) is 1. The number of carbonyl (C=O) groups excluding carboxylic acids is 1. The molecule has 1 heterocycles. The maximum Gasteiger partial charge on any atom is 0.271 e. The van der Waals surface area contributed by atoms with Gasteiger partial charge in [0.1, 0.15) is 11.7 Å². The molecule has 1 amide bonds. The predicted molar refractivity (Wildman–Crippen MR) is 58.8 cm³/mol. The van der Waals surface area contributed by atoms with Crippen molar-refractivity contribution in [2.24, 2.45) is 5.84 Å². The number of rotatable bonds is 3. The smallest absolute Gasteiger partial charge is 0.271 e. The van der Waals surface area contributed by atoms with Crippen LogP contribution in [0, 0.1) is 11.3 Å². The number of fused-ring (bicyclic) bond motifs is 1. The van der Waals surface area contributed by atoms with E-state index in [0.717, 1.165) is 0 Å². The van der Waals surface area contributed by atoms with Crippen molar-refractivity contribution in [3.63, 3.8) is 0 Å². The molecule has 0 unspecified atom stereocenters. The number of nitrogens with zero attached hydrogens (tertiary/aromatic N) is 1. The number of ether oxygens (including phenoxy) is 1. The number of hydrazine groups is 1. The molecular formula is C11H9N3O3. The van der Waals surface area contributed by atoms with E-state index in [0.29, 0.717) is 11.0 Å². The third-order valence-corrected chi connectivity index (χ3v) is 2.16. The lowest BCUT2D eigenvalue weighted by atomic mass is 10.2. The van der Waals surface area contributed by atoms with Crippen molar-refractivity contribution in [2.75, 3.05) is 6.61 Å². The first-order valence-corrected chi connectivity index (χ1v) is 4.80. The SMILES string of the molecule is N#Cc1oc2ccccc2c1OCC(=O)NN.